The lowest BCUT2D eigenvalue weighted by molar-refractivity contribution is -0.373. The molecule has 2 aromatic rings. The highest BCUT2D eigenvalue weighted by Gasteiger charge is 2.85. The van der Waals surface area contributed by atoms with Crippen LogP contribution in [0.5, 0.6) is 17.2 Å². The van der Waals surface area contributed by atoms with Crippen LogP contribution in [0.4, 0.5) is 5.95 Å². The predicted molar refractivity (Wildman–Crippen MR) is 240 cm³/mol. The molecule has 12 atom stereocenters. The number of ether oxygens (including phenoxy) is 8. The second-order valence-electron chi connectivity index (χ2n) is 21.0. The van der Waals surface area contributed by atoms with Gasteiger partial charge in [0.05, 0.1) is 48.1 Å². The van der Waals surface area contributed by atoms with E-state index in [0.717, 1.165) is 12.0 Å². The smallest absolute Gasteiger partial charge is 0.333 e. The second kappa shape index (κ2) is 15.4. The number of aliphatic hydroxyl groups excluding tert-OH is 2. The van der Waals surface area contributed by atoms with Crippen LogP contribution in [0.3, 0.4) is 0 Å². The number of aromatic nitrogens is 3. The van der Waals surface area contributed by atoms with E-state index in [-0.39, 0.29) is 36.4 Å². The molecule has 6 aliphatic heterocycles. The maximum Gasteiger partial charge on any atom is 0.333 e. The number of carbonyl (C=O) groups excluding carboxylic acids is 2. The topological polar surface area (TPSA) is 192 Å². The number of allylic oxidation sites excluding steroid dienone is 4. The number of aliphatic imine (C=N–C) groups is 1. The molecule has 6 bridgehead atoms. The van der Waals surface area contributed by atoms with Crippen LogP contribution in [-0.4, -0.2) is 115 Å². The first-order valence-electron chi connectivity index (χ1n) is 23.2. The molecule has 7 heterocycles. The zero-order valence-electron chi connectivity index (χ0n) is 39.7. The molecule has 11 rings (SSSR count). The fourth-order valence-electron chi connectivity index (χ4n) is 12.1. The highest BCUT2D eigenvalue weighted by Crippen LogP contribution is 2.73. The minimum Gasteiger partial charge on any atom is -0.482 e. The van der Waals surface area contributed by atoms with Crippen LogP contribution < -0.4 is 14.2 Å². The molecule has 1 aromatic heterocycles. The first-order valence-corrected chi connectivity index (χ1v) is 23.2. The molecule has 2 N–H and O–H groups in total. The van der Waals surface area contributed by atoms with Gasteiger partial charge in [-0.1, -0.05) is 29.4 Å². The van der Waals surface area contributed by atoms with E-state index in [2.05, 4.69) is 31.0 Å². The number of hydrogen-bond acceptors (Lipinski definition) is 15. The van der Waals surface area contributed by atoms with E-state index in [1.807, 2.05) is 46.8 Å². The third-order valence-electron chi connectivity index (χ3n) is 15.1. The van der Waals surface area contributed by atoms with Crippen LogP contribution in [-0.2, 0) is 39.7 Å². The number of methoxy groups -OCH3 is 1. The Morgan fingerprint density at radius 3 is 2.48 bits per heavy atom. The van der Waals surface area contributed by atoms with Gasteiger partial charge in [-0.3, -0.25) is 4.79 Å². The second-order valence-corrected chi connectivity index (χ2v) is 21.0. The Labute approximate surface area is 385 Å². The van der Waals surface area contributed by atoms with Crippen molar-refractivity contribution in [3.63, 3.8) is 0 Å². The van der Waals surface area contributed by atoms with Gasteiger partial charge >= 0.3 is 5.97 Å². The maximum absolute atomic E-state index is 15.6. The van der Waals surface area contributed by atoms with Crippen LogP contribution in [0.15, 0.2) is 52.3 Å². The Kier molecular flexibility index (Phi) is 10.5. The minimum atomic E-state index is -1.59. The average molecular weight is 911 g/mol. The van der Waals surface area contributed by atoms with Crippen LogP contribution in [0, 0.1) is 17.8 Å². The van der Waals surface area contributed by atoms with Crippen molar-refractivity contribution in [1.29, 1.82) is 0 Å². The zero-order valence-corrected chi connectivity index (χ0v) is 39.7. The number of Topliss-reactive ketones (excluding diaryl/α,β-unsaturated/α-hetero) is 1. The summed E-state index contributed by atoms with van der Waals surface area (Å²) in [6, 6.07) is -0.588. The first kappa shape index (κ1) is 45.1. The summed E-state index contributed by atoms with van der Waals surface area (Å²) in [4.78, 5) is 38.4. The van der Waals surface area contributed by atoms with Gasteiger partial charge in [-0.25, -0.2) is 14.5 Å². The van der Waals surface area contributed by atoms with Gasteiger partial charge < -0.3 is 48.1 Å². The number of aliphatic hydroxyl groups is 2. The summed E-state index contributed by atoms with van der Waals surface area (Å²) in [5.74, 6) is -1.97. The molecule has 1 spiro atoms. The standard InChI is InChI=1S/C50H62N4O12/c1-24(2)13-12-18-48(10)19-17-28-38(64-48)27(15-14-25(3)4)40-32(39(28)62-44-37(56)36(55)41-30(61-44)22-60-47(8,9)63-41)34-33-35(54-23-51-45(52-34)53-54)29-21-31-46(6,7)66-49(42(29)57,50(31,33)65-40)20-16-26(5)43(58)59-11/h13-14,16-17,19,23,29-31,33,35-37,41,44,55-56H,12,15,18,20-22H2,1-11H3/t29?,30-,31?,33?,35?,36-,37-,41-,44+,48?,49?,50?/m0/s1. The van der Waals surface area contributed by atoms with E-state index in [1.54, 1.807) is 37.9 Å². The van der Waals surface area contributed by atoms with Crippen LogP contribution in [0.2, 0.25) is 0 Å². The van der Waals surface area contributed by atoms with E-state index in [0.29, 0.717) is 58.7 Å². The predicted octanol–water partition coefficient (Wildman–Crippen LogP) is 6.37. The molecule has 3 saturated carbocycles. The normalized spacial score (nSPS) is 36.9. The minimum absolute atomic E-state index is 0.0274. The summed E-state index contributed by atoms with van der Waals surface area (Å²) < 4.78 is 54.7. The van der Waals surface area contributed by atoms with Crippen molar-refractivity contribution in [1.82, 2.24) is 14.8 Å². The summed E-state index contributed by atoms with van der Waals surface area (Å²) in [7, 11) is 1.33. The fourth-order valence-corrected chi connectivity index (χ4v) is 12.1. The van der Waals surface area contributed by atoms with Crippen LogP contribution in [0.1, 0.15) is 118 Å². The van der Waals surface area contributed by atoms with Crippen molar-refractivity contribution in [2.75, 3.05) is 13.7 Å². The Hall–Kier alpha value is -4.71. The van der Waals surface area contributed by atoms with Gasteiger partial charge in [0.25, 0.3) is 5.95 Å². The first-order chi connectivity index (χ1) is 31.1. The number of ketones is 1. The maximum atomic E-state index is 15.6. The number of rotatable bonds is 10. The van der Waals surface area contributed by atoms with E-state index < -0.39 is 82.7 Å². The number of nitrogens with zero attached hydrogens (tertiary/aromatic N) is 4. The SMILES string of the molecule is COC(=O)C(C)=CCC12OC(C)(C)C3CC(C1=O)C1C4C(=Nc5ncn1n5)c1c(O[C@H]5O[C@H]6COC(C)(C)O[C@@H]6[C@@H](O)[C@@H]5O)c5c(c(CC=C(C)C)c1OC432)OC(C)(CCC=C(C)C)C=C5. The molecule has 354 valence electrons. The molecule has 3 aliphatic carbocycles. The van der Waals surface area contributed by atoms with Gasteiger partial charge in [-0.05, 0) is 107 Å². The van der Waals surface area contributed by atoms with Gasteiger partial charge in [0.1, 0.15) is 53.6 Å². The van der Waals surface area contributed by atoms with Crippen molar-refractivity contribution in [2.24, 2.45) is 22.7 Å². The molecule has 0 radical (unpaired) electrons. The molecule has 16 heteroatoms. The van der Waals surface area contributed by atoms with Gasteiger partial charge in [0, 0.05) is 29.4 Å². The van der Waals surface area contributed by atoms with Gasteiger partial charge in [0.2, 0.25) is 6.29 Å². The lowest BCUT2D eigenvalue weighted by Crippen LogP contribution is -2.78. The summed E-state index contributed by atoms with van der Waals surface area (Å²) in [5.41, 5.74) is 0.208. The molecule has 9 aliphatic rings. The average Bonchev–Trinajstić information content (AvgIpc) is 3.70. The molecule has 66 heavy (non-hydrogen) atoms. The van der Waals surface area contributed by atoms with E-state index in [4.69, 9.17) is 48.0 Å². The highest BCUT2D eigenvalue weighted by atomic mass is 16.8. The summed E-state index contributed by atoms with van der Waals surface area (Å²) in [6.45, 7) is 19.5. The molecule has 7 unspecified atom stereocenters. The quantitative estimate of drug-likeness (QED) is 0.152. The Morgan fingerprint density at radius 2 is 1.76 bits per heavy atom. The lowest BCUT2D eigenvalue weighted by atomic mass is 9.44. The van der Waals surface area contributed by atoms with E-state index in [9.17, 15) is 15.0 Å². The van der Waals surface area contributed by atoms with Crippen molar-refractivity contribution >= 4 is 29.5 Å². The molecular weight excluding hydrogens is 849 g/mol. The Balaban J connectivity index is 1.24. The molecule has 1 aromatic carbocycles. The van der Waals surface area contributed by atoms with E-state index in [1.165, 1.54) is 12.7 Å². The van der Waals surface area contributed by atoms with Crippen molar-refractivity contribution in [3.05, 3.63) is 64.0 Å². The van der Waals surface area contributed by atoms with Crippen molar-refractivity contribution in [3.8, 4) is 17.2 Å². The van der Waals surface area contributed by atoms with Crippen molar-refractivity contribution < 1.29 is 57.7 Å². The molecule has 6 fully saturated rings. The summed E-state index contributed by atoms with van der Waals surface area (Å²) in [6.07, 6.45) is 7.87. The summed E-state index contributed by atoms with van der Waals surface area (Å²) >= 11 is 0. The number of hydrogen-bond donors (Lipinski definition) is 2. The third-order valence-corrected chi connectivity index (χ3v) is 15.1. The lowest BCUT2D eigenvalue weighted by Gasteiger charge is -2.63. The third kappa shape index (κ3) is 6.63. The number of carbonyl (C=O) groups is 2. The van der Waals surface area contributed by atoms with Gasteiger partial charge in [0.15, 0.2) is 22.8 Å². The highest BCUT2D eigenvalue weighted by molar-refractivity contribution is 6.14. The van der Waals surface area contributed by atoms with Gasteiger partial charge in [-0.2, -0.15) is 4.98 Å². The molecule has 3 saturated heterocycles. The zero-order chi connectivity index (χ0) is 47.0. The van der Waals surface area contributed by atoms with Gasteiger partial charge in [-0.15, -0.1) is 5.10 Å². The van der Waals surface area contributed by atoms with Crippen LogP contribution in [0.25, 0.3) is 6.08 Å². The largest absolute Gasteiger partial charge is 0.482 e. The summed E-state index contributed by atoms with van der Waals surface area (Å²) in [5, 5.41) is 28.4. The van der Waals surface area contributed by atoms with Crippen LogP contribution >= 0.6 is 0 Å². The van der Waals surface area contributed by atoms with Crippen molar-refractivity contribution in [2.45, 2.75) is 166 Å². The Bertz CT molecular complexity index is 2540. The number of fused-ring (bicyclic) bond motifs is 6. The van der Waals surface area contributed by atoms with E-state index >= 15 is 4.79 Å². The molecular formula is C50H62N4O12. The Morgan fingerprint density at radius 1 is 1.00 bits per heavy atom. The number of benzene rings is 1. The molecule has 0 amide bonds. The monoisotopic (exact) mass is 910 g/mol. The fraction of sp³-hybridized carbons (Fsp3) is 0.620. The molecule has 16 nitrogen and oxygen atoms in total. The number of esters is 1.